The summed E-state index contributed by atoms with van der Waals surface area (Å²) in [5.41, 5.74) is 16.7. The molecule has 0 bridgehead atoms. The Bertz CT molecular complexity index is 3360. The maximum absolute atomic E-state index is 6.38. The number of para-hydroxylation sites is 2. The standard InChI is InChI=1S/C59H41N3O/c1-38-16-13-27-50-53(38)54-46(24-15-28-51(54)59(50,44-19-7-3-8-20-44)45-21-9-4-10-22-45)39-30-34-42(35-31-39)57-60-56(41-17-5-2-6-18-41)61-58(62-57)43-36-32-40(33-37-43)47-25-14-26-49-48-23-11-12-29-52(48)63-55(47)49/h2-15,17-38H,16H2,1H3/t38-/m1/s1. The lowest BCUT2D eigenvalue weighted by molar-refractivity contribution is 0.670. The zero-order chi connectivity index (χ0) is 41.9. The van der Waals surface area contributed by atoms with Gasteiger partial charge in [-0.15, -0.1) is 0 Å². The summed E-state index contributed by atoms with van der Waals surface area (Å²) in [5.74, 6) is 2.25. The molecule has 0 aliphatic heterocycles. The third-order valence-electron chi connectivity index (χ3n) is 13.1. The number of allylic oxidation sites excluding steroid dienone is 4. The van der Waals surface area contributed by atoms with Crippen molar-refractivity contribution < 1.29 is 4.42 Å². The van der Waals surface area contributed by atoms with Gasteiger partial charge in [0.2, 0.25) is 0 Å². The number of hydrogen-bond donors (Lipinski definition) is 0. The van der Waals surface area contributed by atoms with Crippen molar-refractivity contribution in [3.05, 3.63) is 240 Å². The Kier molecular flexibility index (Phi) is 8.72. The van der Waals surface area contributed by atoms with Crippen LogP contribution >= 0.6 is 0 Å². The number of fused-ring (bicyclic) bond motifs is 5. The second kappa shape index (κ2) is 14.9. The highest BCUT2D eigenvalue weighted by Gasteiger charge is 2.49. The predicted octanol–water partition coefficient (Wildman–Crippen LogP) is 14.8. The number of benzene rings is 8. The van der Waals surface area contributed by atoms with E-state index in [0.29, 0.717) is 23.4 Å². The topological polar surface area (TPSA) is 51.8 Å². The first-order chi connectivity index (χ1) is 31.1. The molecule has 0 N–H and O–H groups in total. The van der Waals surface area contributed by atoms with Crippen LogP contribution in [0, 0.1) is 5.92 Å². The van der Waals surface area contributed by atoms with Gasteiger partial charge in [0.25, 0.3) is 0 Å². The fraction of sp³-hybridized carbons (Fsp3) is 0.0678. The van der Waals surface area contributed by atoms with Crippen molar-refractivity contribution in [3.8, 4) is 56.4 Å². The van der Waals surface area contributed by atoms with Crippen molar-refractivity contribution in [2.24, 2.45) is 5.92 Å². The fourth-order valence-corrected chi connectivity index (χ4v) is 10.2. The summed E-state index contributed by atoms with van der Waals surface area (Å²) in [6.07, 6.45) is 5.78. The van der Waals surface area contributed by atoms with Crippen molar-refractivity contribution in [1.29, 1.82) is 0 Å². The molecule has 2 aliphatic carbocycles. The fourth-order valence-electron chi connectivity index (χ4n) is 10.2. The average Bonchev–Trinajstić information content (AvgIpc) is 3.90. The summed E-state index contributed by atoms with van der Waals surface area (Å²) >= 11 is 0. The van der Waals surface area contributed by atoms with E-state index in [1.54, 1.807) is 0 Å². The van der Waals surface area contributed by atoms with Crippen molar-refractivity contribution >= 4 is 27.5 Å². The molecule has 298 valence electrons. The molecule has 2 heterocycles. The van der Waals surface area contributed by atoms with Crippen LogP contribution < -0.4 is 0 Å². The Labute approximate surface area is 366 Å². The third-order valence-corrected chi connectivity index (χ3v) is 13.1. The summed E-state index contributed by atoms with van der Waals surface area (Å²) in [7, 11) is 0. The molecule has 0 saturated heterocycles. The smallest absolute Gasteiger partial charge is 0.164 e. The normalized spacial score (nSPS) is 15.2. The molecule has 4 nitrogen and oxygen atoms in total. The van der Waals surface area contributed by atoms with Crippen LogP contribution in [-0.2, 0) is 5.41 Å². The number of furan rings is 1. The zero-order valence-corrected chi connectivity index (χ0v) is 34.7. The highest BCUT2D eigenvalue weighted by atomic mass is 16.3. The Morgan fingerprint density at radius 2 is 0.952 bits per heavy atom. The minimum absolute atomic E-state index is 0.367. The van der Waals surface area contributed by atoms with Crippen LogP contribution in [0.2, 0.25) is 0 Å². The zero-order valence-electron chi connectivity index (χ0n) is 34.7. The first-order valence-electron chi connectivity index (χ1n) is 21.7. The van der Waals surface area contributed by atoms with Crippen LogP contribution in [0.4, 0.5) is 0 Å². The maximum atomic E-state index is 6.38. The predicted molar refractivity (Wildman–Crippen MR) is 257 cm³/mol. The number of nitrogens with zero attached hydrogens (tertiary/aromatic N) is 3. The molecular formula is C59H41N3O. The molecule has 0 saturated carbocycles. The van der Waals surface area contributed by atoms with Gasteiger partial charge in [-0.05, 0) is 68.5 Å². The summed E-state index contributed by atoms with van der Waals surface area (Å²) < 4.78 is 6.38. The Morgan fingerprint density at radius 1 is 0.460 bits per heavy atom. The van der Waals surface area contributed by atoms with Crippen LogP contribution in [0.3, 0.4) is 0 Å². The molecule has 0 spiro atoms. The van der Waals surface area contributed by atoms with Crippen LogP contribution in [0.1, 0.15) is 35.6 Å². The van der Waals surface area contributed by atoms with Crippen molar-refractivity contribution in [2.75, 3.05) is 0 Å². The molecule has 0 radical (unpaired) electrons. The molecule has 12 rings (SSSR count). The monoisotopic (exact) mass is 807 g/mol. The van der Waals surface area contributed by atoms with Crippen molar-refractivity contribution in [3.63, 3.8) is 0 Å². The van der Waals surface area contributed by atoms with Crippen molar-refractivity contribution in [2.45, 2.75) is 18.8 Å². The van der Waals surface area contributed by atoms with E-state index in [9.17, 15) is 0 Å². The van der Waals surface area contributed by atoms with E-state index in [4.69, 9.17) is 19.4 Å². The Balaban J connectivity index is 0.954. The summed E-state index contributed by atoms with van der Waals surface area (Å²) in [5, 5.41) is 2.23. The lowest BCUT2D eigenvalue weighted by atomic mass is 9.66. The minimum atomic E-state index is -0.428. The van der Waals surface area contributed by atoms with E-state index in [1.165, 1.54) is 39.0 Å². The molecule has 63 heavy (non-hydrogen) atoms. The minimum Gasteiger partial charge on any atom is -0.455 e. The number of rotatable bonds is 7. The number of aromatic nitrogens is 3. The Hall–Kier alpha value is -7.95. The van der Waals surface area contributed by atoms with Crippen molar-refractivity contribution in [1.82, 2.24) is 15.0 Å². The van der Waals surface area contributed by atoms with Gasteiger partial charge in [0.15, 0.2) is 17.5 Å². The second-order valence-corrected chi connectivity index (χ2v) is 16.7. The summed E-state index contributed by atoms with van der Waals surface area (Å²) in [6.45, 7) is 2.38. The quantitative estimate of drug-likeness (QED) is 0.161. The SMILES string of the molecule is C[C@@H]1CC=CC2=C1c1c(-c3ccc(-c4nc(-c5ccccc5)nc(-c5ccc(-c6cccc7c6oc6ccccc67)cc5)n4)cc3)cccc1C2(c1ccccc1)c1ccccc1. The lowest BCUT2D eigenvalue weighted by Gasteiger charge is -2.35. The van der Waals surface area contributed by atoms with E-state index in [1.807, 2.05) is 42.5 Å². The van der Waals surface area contributed by atoms with Gasteiger partial charge in [-0.1, -0.05) is 213 Å². The molecule has 10 aromatic rings. The van der Waals surface area contributed by atoms with Crippen LogP contribution in [-0.4, -0.2) is 15.0 Å². The van der Waals surface area contributed by atoms with Crippen LogP contribution in [0.25, 0.3) is 83.9 Å². The molecule has 2 aliphatic rings. The van der Waals surface area contributed by atoms with Gasteiger partial charge in [-0.3, -0.25) is 0 Å². The van der Waals surface area contributed by atoms with Gasteiger partial charge in [0.1, 0.15) is 11.2 Å². The van der Waals surface area contributed by atoms with Gasteiger partial charge in [0, 0.05) is 33.0 Å². The average molecular weight is 808 g/mol. The molecule has 4 heteroatoms. The molecule has 8 aromatic carbocycles. The van der Waals surface area contributed by atoms with Gasteiger partial charge >= 0.3 is 0 Å². The highest BCUT2D eigenvalue weighted by molar-refractivity contribution is 6.09. The first kappa shape index (κ1) is 36.9. The molecular weight excluding hydrogens is 767 g/mol. The second-order valence-electron chi connectivity index (χ2n) is 16.7. The van der Waals surface area contributed by atoms with E-state index >= 15 is 0 Å². The van der Waals surface area contributed by atoms with E-state index in [2.05, 4.69) is 177 Å². The van der Waals surface area contributed by atoms with E-state index in [0.717, 1.165) is 61.7 Å². The first-order valence-corrected chi connectivity index (χ1v) is 21.7. The van der Waals surface area contributed by atoms with Gasteiger partial charge < -0.3 is 4.42 Å². The molecule has 0 amide bonds. The highest BCUT2D eigenvalue weighted by Crippen LogP contribution is 2.60. The van der Waals surface area contributed by atoms with Crippen LogP contribution in [0.5, 0.6) is 0 Å². The lowest BCUT2D eigenvalue weighted by Crippen LogP contribution is -2.29. The van der Waals surface area contributed by atoms with E-state index < -0.39 is 5.41 Å². The van der Waals surface area contributed by atoms with Gasteiger partial charge in [-0.25, -0.2) is 15.0 Å². The Morgan fingerprint density at radius 3 is 1.59 bits per heavy atom. The molecule has 0 fully saturated rings. The maximum Gasteiger partial charge on any atom is 0.164 e. The largest absolute Gasteiger partial charge is 0.455 e. The van der Waals surface area contributed by atoms with Gasteiger partial charge in [-0.2, -0.15) is 0 Å². The third kappa shape index (κ3) is 5.94. The van der Waals surface area contributed by atoms with Crippen LogP contribution in [0.15, 0.2) is 222 Å². The van der Waals surface area contributed by atoms with Gasteiger partial charge in [0.05, 0.1) is 5.41 Å². The summed E-state index contributed by atoms with van der Waals surface area (Å²) in [6, 6.07) is 70.9. The molecule has 2 aromatic heterocycles. The molecule has 1 atom stereocenters. The summed E-state index contributed by atoms with van der Waals surface area (Å²) in [4.78, 5) is 15.3. The number of hydrogen-bond acceptors (Lipinski definition) is 4. The van der Waals surface area contributed by atoms with E-state index in [-0.39, 0.29) is 0 Å². The molecule has 0 unspecified atom stereocenters.